The zero-order valence-electron chi connectivity index (χ0n) is 16.4. The molecular weight excluding hydrogens is 374 g/mol. The zero-order chi connectivity index (χ0) is 21.0. The minimum absolute atomic E-state index is 0.0360. The van der Waals surface area contributed by atoms with Crippen molar-refractivity contribution in [3.63, 3.8) is 0 Å². The number of nitro groups is 1. The average Bonchev–Trinajstić information content (AvgIpc) is 3.01. The molecule has 0 aliphatic heterocycles. The minimum Gasteiger partial charge on any atom is -0.494 e. The molecule has 8 heteroatoms. The Hall–Kier alpha value is -3.68. The van der Waals surface area contributed by atoms with Gasteiger partial charge in [-0.25, -0.2) is 0 Å². The van der Waals surface area contributed by atoms with Crippen molar-refractivity contribution in [3.8, 4) is 17.2 Å². The number of ether oxygens (including phenoxy) is 2. The van der Waals surface area contributed by atoms with Crippen molar-refractivity contribution < 1.29 is 19.2 Å². The predicted octanol–water partition coefficient (Wildman–Crippen LogP) is 4.06. The molecule has 0 atom stereocenters. The van der Waals surface area contributed by atoms with Gasteiger partial charge in [0.1, 0.15) is 11.9 Å². The lowest BCUT2D eigenvalue weighted by Gasteiger charge is -2.11. The van der Waals surface area contributed by atoms with Crippen LogP contribution >= 0.6 is 0 Å². The third-order valence-electron chi connectivity index (χ3n) is 4.42. The van der Waals surface area contributed by atoms with E-state index in [0.29, 0.717) is 12.2 Å². The molecule has 0 aliphatic carbocycles. The summed E-state index contributed by atoms with van der Waals surface area (Å²) in [5.74, 6) is 0.0567. The normalized spacial score (nSPS) is 10.6. The summed E-state index contributed by atoms with van der Waals surface area (Å²) in [6.07, 6.45) is 1.30. The van der Waals surface area contributed by atoms with E-state index >= 15 is 0 Å². The number of hydrogen-bond acceptors (Lipinski definition) is 6. The first-order valence-corrected chi connectivity index (χ1v) is 9.10. The van der Waals surface area contributed by atoms with Gasteiger partial charge in [0.15, 0.2) is 6.61 Å². The fourth-order valence-electron chi connectivity index (χ4n) is 3.15. The van der Waals surface area contributed by atoms with Crippen LogP contribution in [0, 0.1) is 24.0 Å². The number of pyridine rings is 1. The molecule has 150 valence electrons. The van der Waals surface area contributed by atoms with Gasteiger partial charge in [-0.15, -0.1) is 0 Å². The molecule has 0 spiro atoms. The molecule has 2 aromatic heterocycles. The molecule has 3 rings (SSSR count). The fourth-order valence-corrected chi connectivity index (χ4v) is 3.15. The third-order valence-corrected chi connectivity index (χ3v) is 4.42. The number of rotatable bonds is 8. The van der Waals surface area contributed by atoms with Crippen molar-refractivity contribution in [1.29, 1.82) is 0 Å². The molecule has 0 saturated heterocycles. The number of carbonyl (C=O) groups excluding carboxylic acids is 1. The Labute approximate surface area is 167 Å². The maximum Gasteiger partial charge on any atom is 0.406 e. The highest BCUT2D eigenvalue weighted by Crippen LogP contribution is 2.25. The molecule has 0 fully saturated rings. The Bertz CT molecular complexity index is 1040. The smallest absolute Gasteiger partial charge is 0.406 e. The van der Waals surface area contributed by atoms with Crippen LogP contribution in [0.5, 0.6) is 11.5 Å². The second-order valence-corrected chi connectivity index (χ2v) is 6.34. The van der Waals surface area contributed by atoms with Crippen LogP contribution in [0.25, 0.3) is 5.69 Å². The molecule has 0 radical (unpaired) electrons. The molecule has 8 nitrogen and oxygen atoms in total. The van der Waals surface area contributed by atoms with Crippen LogP contribution in [-0.2, 0) is 0 Å². The van der Waals surface area contributed by atoms with Crippen LogP contribution in [0.1, 0.15) is 28.7 Å². The van der Waals surface area contributed by atoms with Crippen molar-refractivity contribution in [3.05, 3.63) is 75.7 Å². The van der Waals surface area contributed by atoms with E-state index in [2.05, 4.69) is 4.98 Å². The topological polar surface area (TPSA) is 96.5 Å². The lowest BCUT2D eigenvalue weighted by atomic mass is 10.1. The Kier molecular flexibility index (Phi) is 5.92. The molecular formula is C21H21N3O5. The maximum atomic E-state index is 12.7. The highest BCUT2D eigenvalue weighted by atomic mass is 16.6. The number of aryl methyl sites for hydroxylation is 1. The van der Waals surface area contributed by atoms with Gasteiger partial charge in [-0.05, 0) is 73.1 Å². The Morgan fingerprint density at radius 2 is 1.90 bits per heavy atom. The van der Waals surface area contributed by atoms with E-state index in [0.717, 1.165) is 22.8 Å². The van der Waals surface area contributed by atoms with Crippen molar-refractivity contribution >= 4 is 11.6 Å². The van der Waals surface area contributed by atoms with Gasteiger partial charge in [-0.1, -0.05) is 0 Å². The van der Waals surface area contributed by atoms with E-state index in [9.17, 15) is 14.9 Å². The third kappa shape index (κ3) is 4.26. The summed E-state index contributed by atoms with van der Waals surface area (Å²) in [5, 5.41) is 11.0. The molecule has 0 aliphatic rings. The van der Waals surface area contributed by atoms with E-state index < -0.39 is 10.7 Å². The molecule has 0 N–H and O–H groups in total. The van der Waals surface area contributed by atoms with Gasteiger partial charge in [-0.3, -0.25) is 4.79 Å². The maximum absolute atomic E-state index is 12.7. The standard InChI is InChI=1S/C21H21N3O5/c1-4-28-17-9-7-16(8-10-17)23-14(2)12-18(15(23)3)19(25)13-29-20-6-5-11-22-21(20)24(26)27/h5-12H,4,13H2,1-3H3. The fraction of sp³-hybridized carbons (Fsp3) is 0.238. The summed E-state index contributed by atoms with van der Waals surface area (Å²) in [4.78, 5) is 26.8. The number of aromatic nitrogens is 2. The Balaban J connectivity index is 1.81. The lowest BCUT2D eigenvalue weighted by Crippen LogP contribution is -2.13. The quantitative estimate of drug-likeness (QED) is 0.324. The first-order chi connectivity index (χ1) is 13.9. The number of Topliss-reactive ketones (excluding diaryl/α,β-unsaturated/α-hetero) is 1. The molecule has 0 amide bonds. The van der Waals surface area contributed by atoms with Crippen LogP contribution in [0.3, 0.4) is 0 Å². The van der Waals surface area contributed by atoms with E-state index in [1.54, 1.807) is 6.07 Å². The second-order valence-electron chi connectivity index (χ2n) is 6.34. The molecule has 0 bridgehead atoms. The first kappa shape index (κ1) is 20.1. The summed E-state index contributed by atoms with van der Waals surface area (Å²) in [5.41, 5.74) is 3.07. The van der Waals surface area contributed by atoms with Crippen LogP contribution in [0.15, 0.2) is 48.7 Å². The largest absolute Gasteiger partial charge is 0.494 e. The number of nitrogens with zero attached hydrogens (tertiary/aromatic N) is 3. The van der Waals surface area contributed by atoms with Gasteiger partial charge < -0.3 is 24.2 Å². The van der Waals surface area contributed by atoms with Crippen LogP contribution in [0.2, 0.25) is 0 Å². The van der Waals surface area contributed by atoms with Crippen molar-refractivity contribution in [1.82, 2.24) is 9.55 Å². The van der Waals surface area contributed by atoms with Gasteiger partial charge in [0.05, 0.1) is 6.61 Å². The molecule has 1 aromatic carbocycles. The molecule has 2 heterocycles. The van der Waals surface area contributed by atoms with Crippen molar-refractivity contribution in [2.45, 2.75) is 20.8 Å². The van der Waals surface area contributed by atoms with Gasteiger partial charge in [0, 0.05) is 22.6 Å². The molecule has 29 heavy (non-hydrogen) atoms. The number of ketones is 1. The van der Waals surface area contributed by atoms with Crippen LogP contribution < -0.4 is 9.47 Å². The van der Waals surface area contributed by atoms with Gasteiger partial charge in [0.25, 0.3) is 0 Å². The zero-order valence-corrected chi connectivity index (χ0v) is 16.4. The highest BCUT2D eigenvalue weighted by molar-refractivity contribution is 5.98. The predicted molar refractivity (Wildman–Crippen MR) is 107 cm³/mol. The van der Waals surface area contributed by atoms with Crippen molar-refractivity contribution in [2.75, 3.05) is 13.2 Å². The van der Waals surface area contributed by atoms with Gasteiger partial charge in [-0.2, -0.15) is 0 Å². The highest BCUT2D eigenvalue weighted by Gasteiger charge is 2.20. The summed E-state index contributed by atoms with van der Waals surface area (Å²) in [6, 6.07) is 12.3. The van der Waals surface area contributed by atoms with Crippen LogP contribution in [0.4, 0.5) is 5.82 Å². The second kappa shape index (κ2) is 8.55. The number of hydrogen-bond donors (Lipinski definition) is 0. The molecule has 0 unspecified atom stereocenters. The average molecular weight is 395 g/mol. The Morgan fingerprint density at radius 1 is 1.17 bits per heavy atom. The molecule has 0 saturated carbocycles. The summed E-state index contributed by atoms with van der Waals surface area (Å²) >= 11 is 0. The van der Waals surface area contributed by atoms with E-state index in [-0.39, 0.29) is 18.1 Å². The molecule has 3 aromatic rings. The van der Waals surface area contributed by atoms with E-state index in [1.807, 2.05) is 49.6 Å². The van der Waals surface area contributed by atoms with Gasteiger partial charge >= 0.3 is 5.82 Å². The Morgan fingerprint density at radius 3 is 2.55 bits per heavy atom. The summed E-state index contributed by atoms with van der Waals surface area (Å²) < 4.78 is 12.8. The minimum atomic E-state index is -0.641. The van der Waals surface area contributed by atoms with Gasteiger partial charge in [0.2, 0.25) is 11.5 Å². The SMILES string of the molecule is CCOc1ccc(-n2c(C)cc(C(=O)COc3cccnc3[N+](=O)[O-])c2C)cc1. The van der Waals surface area contributed by atoms with E-state index in [4.69, 9.17) is 9.47 Å². The lowest BCUT2D eigenvalue weighted by molar-refractivity contribution is -0.390. The van der Waals surface area contributed by atoms with Crippen molar-refractivity contribution in [2.24, 2.45) is 0 Å². The summed E-state index contributed by atoms with van der Waals surface area (Å²) in [7, 11) is 0. The first-order valence-electron chi connectivity index (χ1n) is 9.10. The number of benzene rings is 1. The van der Waals surface area contributed by atoms with E-state index in [1.165, 1.54) is 18.3 Å². The van der Waals surface area contributed by atoms with Crippen LogP contribution in [-0.4, -0.2) is 33.5 Å². The monoisotopic (exact) mass is 395 g/mol. The number of carbonyl (C=O) groups is 1. The summed E-state index contributed by atoms with van der Waals surface area (Å²) in [6.45, 7) is 5.96.